The Hall–Kier alpha value is -0.0800. The quantitative estimate of drug-likeness (QED) is 0.816. The summed E-state index contributed by atoms with van der Waals surface area (Å²) in [7, 11) is 0. The molecule has 0 heterocycles. The summed E-state index contributed by atoms with van der Waals surface area (Å²) in [4.78, 5) is 2.88. The first kappa shape index (κ1) is 15.3. The number of hydrogen-bond donors (Lipinski definition) is 1. The van der Waals surface area contributed by atoms with Crippen LogP contribution in [0.5, 0.6) is 0 Å². The lowest BCUT2D eigenvalue weighted by Gasteiger charge is -2.45. The van der Waals surface area contributed by atoms with E-state index in [1.54, 1.807) is 0 Å². The largest absolute Gasteiger partial charge is 0.330 e. The first-order chi connectivity index (χ1) is 9.12. The molecule has 112 valence electrons. The van der Waals surface area contributed by atoms with Gasteiger partial charge in [-0.3, -0.25) is 4.90 Å². The summed E-state index contributed by atoms with van der Waals surface area (Å²) in [5.74, 6) is 0. The summed E-state index contributed by atoms with van der Waals surface area (Å²) in [5, 5.41) is 0. The Bertz CT molecular complexity index is 232. The molecule has 0 aromatic heterocycles. The third-order valence-corrected chi connectivity index (χ3v) is 5.25. The Kier molecular flexibility index (Phi) is 5.70. The van der Waals surface area contributed by atoms with Crippen molar-refractivity contribution in [3.8, 4) is 0 Å². The Morgan fingerprint density at radius 1 is 0.842 bits per heavy atom. The van der Waals surface area contributed by atoms with Crippen LogP contribution in [0.15, 0.2) is 0 Å². The van der Waals surface area contributed by atoms with E-state index < -0.39 is 0 Å². The Morgan fingerprint density at radius 3 is 1.63 bits per heavy atom. The molecule has 0 aliphatic heterocycles. The Labute approximate surface area is 120 Å². The standard InChI is InChI=1S/C17H34N2/c1-17(2,13-18)14-19(15-9-5-3-6-10-15)16-11-7-4-8-12-16/h15-16H,3-14,18H2,1-2H3. The van der Waals surface area contributed by atoms with Gasteiger partial charge >= 0.3 is 0 Å². The maximum absolute atomic E-state index is 5.99. The molecule has 2 aliphatic rings. The summed E-state index contributed by atoms with van der Waals surface area (Å²) in [5.41, 5.74) is 6.26. The number of rotatable bonds is 5. The van der Waals surface area contributed by atoms with Gasteiger partial charge in [-0.2, -0.15) is 0 Å². The Morgan fingerprint density at radius 2 is 1.26 bits per heavy atom. The van der Waals surface area contributed by atoms with Crippen molar-refractivity contribution in [1.82, 2.24) is 4.90 Å². The molecule has 0 unspecified atom stereocenters. The van der Waals surface area contributed by atoms with Gasteiger partial charge < -0.3 is 5.73 Å². The average Bonchev–Trinajstić information content (AvgIpc) is 2.47. The number of nitrogens with zero attached hydrogens (tertiary/aromatic N) is 1. The molecular formula is C17H34N2. The molecule has 0 atom stereocenters. The summed E-state index contributed by atoms with van der Waals surface area (Å²) in [6.45, 7) is 6.69. The van der Waals surface area contributed by atoms with Crippen molar-refractivity contribution in [2.45, 2.75) is 90.1 Å². The normalized spacial score (nSPS) is 24.0. The van der Waals surface area contributed by atoms with Gasteiger partial charge in [0.05, 0.1) is 0 Å². The van der Waals surface area contributed by atoms with Gasteiger partial charge in [0, 0.05) is 18.6 Å². The molecule has 2 heteroatoms. The molecule has 2 rings (SSSR count). The third kappa shape index (κ3) is 4.46. The van der Waals surface area contributed by atoms with Crippen molar-refractivity contribution in [3.05, 3.63) is 0 Å². The van der Waals surface area contributed by atoms with Crippen LogP contribution in [0.25, 0.3) is 0 Å². The average molecular weight is 266 g/mol. The second-order valence-electron chi connectivity index (χ2n) is 7.62. The first-order valence-corrected chi connectivity index (χ1v) is 8.58. The lowest BCUT2D eigenvalue weighted by molar-refractivity contribution is 0.0462. The van der Waals surface area contributed by atoms with E-state index in [1.807, 2.05) is 0 Å². The van der Waals surface area contributed by atoms with Crippen LogP contribution in [0.3, 0.4) is 0 Å². The van der Waals surface area contributed by atoms with Gasteiger partial charge in [-0.1, -0.05) is 52.4 Å². The van der Waals surface area contributed by atoms with E-state index >= 15 is 0 Å². The zero-order valence-electron chi connectivity index (χ0n) is 13.2. The van der Waals surface area contributed by atoms with Crippen LogP contribution in [0, 0.1) is 5.41 Å². The topological polar surface area (TPSA) is 29.3 Å². The smallest absolute Gasteiger partial charge is 0.00984 e. The van der Waals surface area contributed by atoms with Gasteiger partial charge in [-0.15, -0.1) is 0 Å². The first-order valence-electron chi connectivity index (χ1n) is 8.58. The minimum absolute atomic E-state index is 0.273. The molecule has 2 fully saturated rings. The summed E-state index contributed by atoms with van der Waals surface area (Å²) >= 11 is 0. The van der Waals surface area contributed by atoms with E-state index in [0.29, 0.717) is 0 Å². The molecular weight excluding hydrogens is 232 g/mol. The molecule has 0 amide bonds. The lowest BCUT2D eigenvalue weighted by Crippen LogP contribution is -2.50. The molecule has 2 saturated carbocycles. The van der Waals surface area contributed by atoms with E-state index in [0.717, 1.165) is 18.6 Å². The molecule has 19 heavy (non-hydrogen) atoms. The maximum atomic E-state index is 5.99. The third-order valence-electron chi connectivity index (χ3n) is 5.25. The lowest BCUT2D eigenvalue weighted by atomic mass is 9.85. The monoisotopic (exact) mass is 266 g/mol. The molecule has 0 bridgehead atoms. The van der Waals surface area contributed by atoms with Crippen molar-refractivity contribution in [2.75, 3.05) is 13.1 Å². The maximum Gasteiger partial charge on any atom is 0.00984 e. The highest BCUT2D eigenvalue weighted by molar-refractivity contribution is 4.87. The fourth-order valence-electron chi connectivity index (χ4n) is 3.94. The van der Waals surface area contributed by atoms with Crippen molar-refractivity contribution in [1.29, 1.82) is 0 Å². The van der Waals surface area contributed by atoms with E-state index in [2.05, 4.69) is 18.7 Å². The Balaban J connectivity index is 2.02. The zero-order valence-corrected chi connectivity index (χ0v) is 13.2. The van der Waals surface area contributed by atoms with E-state index in [1.165, 1.54) is 70.8 Å². The van der Waals surface area contributed by atoms with Gasteiger partial charge in [-0.05, 0) is 37.6 Å². The van der Waals surface area contributed by atoms with Crippen molar-refractivity contribution in [2.24, 2.45) is 11.1 Å². The van der Waals surface area contributed by atoms with Gasteiger partial charge in [0.2, 0.25) is 0 Å². The molecule has 0 saturated heterocycles. The molecule has 0 spiro atoms. The highest BCUT2D eigenvalue weighted by atomic mass is 15.2. The highest BCUT2D eigenvalue weighted by Crippen LogP contribution is 2.32. The summed E-state index contributed by atoms with van der Waals surface area (Å²) in [6.07, 6.45) is 14.4. The molecule has 2 nitrogen and oxygen atoms in total. The SMILES string of the molecule is CC(C)(CN)CN(C1CCCCC1)C1CCCCC1. The molecule has 0 radical (unpaired) electrons. The van der Waals surface area contributed by atoms with E-state index in [9.17, 15) is 0 Å². The van der Waals surface area contributed by atoms with Gasteiger partial charge in [0.25, 0.3) is 0 Å². The van der Waals surface area contributed by atoms with Crippen LogP contribution in [-0.4, -0.2) is 30.1 Å². The molecule has 2 N–H and O–H groups in total. The number of nitrogens with two attached hydrogens (primary N) is 1. The fraction of sp³-hybridized carbons (Fsp3) is 1.00. The van der Waals surface area contributed by atoms with Gasteiger partial charge in [0.1, 0.15) is 0 Å². The molecule has 0 aromatic carbocycles. The summed E-state index contributed by atoms with van der Waals surface area (Å²) in [6, 6.07) is 1.70. The molecule has 2 aliphatic carbocycles. The predicted octanol–water partition coefficient (Wildman–Crippen LogP) is 3.94. The van der Waals surface area contributed by atoms with E-state index in [-0.39, 0.29) is 5.41 Å². The minimum Gasteiger partial charge on any atom is -0.330 e. The highest BCUT2D eigenvalue weighted by Gasteiger charge is 2.32. The second-order valence-corrected chi connectivity index (χ2v) is 7.62. The predicted molar refractivity (Wildman–Crippen MR) is 83.3 cm³/mol. The fourth-order valence-corrected chi connectivity index (χ4v) is 3.94. The van der Waals surface area contributed by atoms with Gasteiger partial charge in [-0.25, -0.2) is 0 Å². The van der Waals surface area contributed by atoms with Crippen molar-refractivity contribution in [3.63, 3.8) is 0 Å². The van der Waals surface area contributed by atoms with Crippen LogP contribution >= 0.6 is 0 Å². The summed E-state index contributed by atoms with van der Waals surface area (Å²) < 4.78 is 0. The molecule has 0 aromatic rings. The van der Waals surface area contributed by atoms with E-state index in [4.69, 9.17) is 5.73 Å². The van der Waals surface area contributed by atoms with Gasteiger partial charge in [0.15, 0.2) is 0 Å². The van der Waals surface area contributed by atoms with Crippen LogP contribution < -0.4 is 5.73 Å². The minimum atomic E-state index is 0.273. The van der Waals surface area contributed by atoms with Crippen LogP contribution in [-0.2, 0) is 0 Å². The van der Waals surface area contributed by atoms with Crippen LogP contribution in [0.2, 0.25) is 0 Å². The van der Waals surface area contributed by atoms with Crippen molar-refractivity contribution >= 4 is 0 Å². The van der Waals surface area contributed by atoms with Crippen molar-refractivity contribution < 1.29 is 0 Å². The second kappa shape index (κ2) is 7.08. The van der Waals surface area contributed by atoms with Crippen LogP contribution in [0.4, 0.5) is 0 Å². The number of hydrogen-bond acceptors (Lipinski definition) is 2. The van der Waals surface area contributed by atoms with Crippen LogP contribution in [0.1, 0.15) is 78.1 Å². The zero-order chi connectivity index (χ0) is 13.7.